The molecular weight excluding hydrogens is 390 g/mol. The molecule has 7 heteroatoms. The summed E-state index contributed by atoms with van der Waals surface area (Å²) >= 11 is 1.58. The second kappa shape index (κ2) is 9.43. The molecule has 6 nitrogen and oxygen atoms in total. The van der Waals surface area contributed by atoms with Gasteiger partial charge in [0.15, 0.2) is 11.5 Å². The molecule has 0 aliphatic carbocycles. The van der Waals surface area contributed by atoms with Crippen molar-refractivity contribution in [2.24, 2.45) is 0 Å². The Hall–Kier alpha value is -3.06. The number of carboxylic acid groups (broad SMARTS) is 1. The predicted molar refractivity (Wildman–Crippen MR) is 112 cm³/mol. The zero-order valence-corrected chi connectivity index (χ0v) is 17.4. The second-order valence-corrected chi connectivity index (χ2v) is 7.37. The number of aliphatic carboxylic acids is 1. The van der Waals surface area contributed by atoms with Crippen molar-refractivity contribution >= 4 is 39.2 Å². The van der Waals surface area contributed by atoms with E-state index in [1.807, 2.05) is 42.5 Å². The van der Waals surface area contributed by atoms with Crippen LogP contribution in [0.5, 0.6) is 17.2 Å². The lowest BCUT2D eigenvalue weighted by molar-refractivity contribution is -0.305. The summed E-state index contributed by atoms with van der Waals surface area (Å²) in [5, 5.41) is 11.7. The van der Waals surface area contributed by atoms with Crippen LogP contribution in [-0.2, 0) is 4.79 Å². The van der Waals surface area contributed by atoms with Crippen molar-refractivity contribution in [3.8, 4) is 17.2 Å². The molecule has 3 aromatic rings. The molecule has 0 bridgehead atoms. The van der Waals surface area contributed by atoms with Gasteiger partial charge in [-0.3, -0.25) is 0 Å². The van der Waals surface area contributed by atoms with Crippen LogP contribution >= 0.6 is 11.3 Å². The average molecular weight is 412 g/mol. The number of rotatable bonds is 9. The van der Waals surface area contributed by atoms with E-state index in [1.54, 1.807) is 32.7 Å². The number of carbonyl (C=O) groups excluding carboxylic acids is 1. The molecule has 152 valence electrons. The largest absolute Gasteiger partial charge is 0.550 e. The lowest BCUT2D eigenvalue weighted by Gasteiger charge is -2.13. The molecule has 0 N–H and O–H groups in total. The number of hydrogen-bond acceptors (Lipinski definition) is 7. The van der Waals surface area contributed by atoms with Gasteiger partial charge in [0.2, 0.25) is 5.75 Å². The first-order valence-corrected chi connectivity index (χ1v) is 9.93. The van der Waals surface area contributed by atoms with E-state index < -0.39 is 5.97 Å². The van der Waals surface area contributed by atoms with E-state index in [1.165, 1.54) is 0 Å². The number of hydrogen-bond donors (Lipinski definition) is 0. The van der Waals surface area contributed by atoms with Gasteiger partial charge in [-0.15, -0.1) is 11.3 Å². The van der Waals surface area contributed by atoms with Gasteiger partial charge in [-0.25, -0.2) is 4.98 Å². The maximum absolute atomic E-state index is 10.9. The number of nitrogens with zero attached hydrogens (tertiary/aromatic N) is 1. The molecular formula is C22H22NO5S-. The van der Waals surface area contributed by atoms with Crippen LogP contribution in [0, 0.1) is 0 Å². The number of fused-ring (bicyclic) bond motifs is 1. The van der Waals surface area contributed by atoms with Gasteiger partial charge in [0, 0.05) is 5.97 Å². The Morgan fingerprint density at radius 3 is 2.34 bits per heavy atom. The molecule has 29 heavy (non-hydrogen) atoms. The zero-order chi connectivity index (χ0) is 20.8. The first kappa shape index (κ1) is 20.7. The highest BCUT2D eigenvalue weighted by atomic mass is 32.1. The van der Waals surface area contributed by atoms with Crippen molar-refractivity contribution < 1.29 is 24.1 Å². The molecule has 0 radical (unpaired) electrons. The van der Waals surface area contributed by atoms with Crippen molar-refractivity contribution in [2.75, 3.05) is 21.3 Å². The first-order chi connectivity index (χ1) is 14.0. The highest BCUT2D eigenvalue weighted by molar-refractivity contribution is 7.19. The number of methoxy groups -OCH3 is 3. The fourth-order valence-corrected chi connectivity index (χ4v) is 4.07. The summed E-state index contributed by atoms with van der Waals surface area (Å²) in [5.74, 6) is 0.569. The number of carbonyl (C=O) groups is 1. The Balaban J connectivity index is 2.05. The molecule has 0 fully saturated rings. The molecule has 1 heterocycles. The molecule has 0 unspecified atom stereocenters. The molecule has 3 rings (SSSR count). The van der Waals surface area contributed by atoms with Gasteiger partial charge >= 0.3 is 0 Å². The van der Waals surface area contributed by atoms with Crippen molar-refractivity contribution in [1.82, 2.24) is 4.98 Å². The van der Waals surface area contributed by atoms with E-state index in [2.05, 4.69) is 0 Å². The van der Waals surface area contributed by atoms with Crippen molar-refractivity contribution in [3.63, 3.8) is 0 Å². The minimum Gasteiger partial charge on any atom is -0.550 e. The van der Waals surface area contributed by atoms with Crippen LogP contribution in [0.3, 0.4) is 0 Å². The third-order valence-corrected chi connectivity index (χ3v) is 5.54. The molecule has 0 saturated heterocycles. The molecule has 1 aromatic heterocycles. The lowest BCUT2D eigenvalue weighted by Crippen LogP contribution is -2.21. The Labute approximate surface area is 173 Å². The minimum absolute atomic E-state index is 0.00249. The molecule has 0 aliphatic heterocycles. The summed E-state index contributed by atoms with van der Waals surface area (Å²) < 4.78 is 17.3. The van der Waals surface area contributed by atoms with Crippen LogP contribution < -0.4 is 19.3 Å². The van der Waals surface area contributed by atoms with E-state index in [-0.39, 0.29) is 6.42 Å². The normalized spacial score (nSPS) is 11.5. The van der Waals surface area contributed by atoms with E-state index >= 15 is 0 Å². The number of para-hydroxylation sites is 1. The molecule has 0 spiro atoms. The van der Waals surface area contributed by atoms with E-state index in [4.69, 9.17) is 19.2 Å². The number of carboxylic acids is 1. The van der Waals surface area contributed by atoms with Crippen molar-refractivity contribution in [1.29, 1.82) is 0 Å². The van der Waals surface area contributed by atoms with Gasteiger partial charge < -0.3 is 24.1 Å². The summed E-state index contributed by atoms with van der Waals surface area (Å²) in [5.41, 5.74) is 2.71. The van der Waals surface area contributed by atoms with Crippen LogP contribution in [-0.4, -0.2) is 32.3 Å². The standard InChI is InChI=1S/C22H23NO5S/c1-26-17-12-14(13-18(27-2)21(17)28-3)11-15(7-6-10-20(24)25)22-23-16-8-4-5-9-19(16)29-22/h4-5,8-9,11-13H,6-7,10H2,1-3H3,(H,24,25)/p-1/b15-11+. The van der Waals surface area contributed by atoms with Gasteiger partial charge in [-0.1, -0.05) is 12.1 Å². The monoisotopic (exact) mass is 412 g/mol. The fourth-order valence-electron chi connectivity index (χ4n) is 3.06. The van der Waals surface area contributed by atoms with E-state index in [9.17, 15) is 9.90 Å². The third kappa shape index (κ3) is 4.86. The molecule has 0 aliphatic rings. The lowest BCUT2D eigenvalue weighted by atomic mass is 10.0. The number of benzene rings is 2. The van der Waals surface area contributed by atoms with Gasteiger partial charge in [0.25, 0.3) is 0 Å². The summed E-state index contributed by atoms with van der Waals surface area (Å²) in [6.45, 7) is 0. The van der Waals surface area contributed by atoms with Crippen LogP contribution in [0.4, 0.5) is 0 Å². The van der Waals surface area contributed by atoms with Crippen molar-refractivity contribution in [3.05, 3.63) is 47.0 Å². The zero-order valence-electron chi connectivity index (χ0n) is 16.6. The number of aromatic nitrogens is 1. The molecule has 0 amide bonds. The third-order valence-electron chi connectivity index (χ3n) is 4.42. The van der Waals surface area contributed by atoms with Crippen LogP contribution in [0.2, 0.25) is 0 Å². The number of thiazole rings is 1. The van der Waals surface area contributed by atoms with Crippen LogP contribution in [0.25, 0.3) is 21.9 Å². The smallest absolute Gasteiger partial charge is 0.203 e. The predicted octanol–water partition coefficient (Wildman–Crippen LogP) is 3.78. The minimum atomic E-state index is -1.05. The van der Waals surface area contributed by atoms with Crippen LogP contribution in [0.15, 0.2) is 36.4 Å². The van der Waals surface area contributed by atoms with Crippen LogP contribution in [0.1, 0.15) is 29.8 Å². The summed E-state index contributed by atoms with van der Waals surface area (Å²) in [7, 11) is 4.70. The molecule has 0 saturated carbocycles. The molecule has 0 atom stereocenters. The number of allylic oxidation sites excluding steroid dienone is 1. The van der Waals surface area contributed by atoms with Gasteiger partial charge in [0.05, 0.1) is 31.5 Å². The van der Waals surface area contributed by atoms with Gasteiger partial charge in [-0.2, -0.15) is 0 Å². The van der Waals surface area contributed by atoms with E-state index in [0.29, 0.717) is 30.1 Å². The van der Waals surface area contributed by atoms with Gasteiger partial charge in [-0.05, 0) is 60.7 Å². The highest BCUT2D eigenvalue weighted by Crippen LogP contribution is 2.40. The summed E-state index contributed by atoms with van der Waals surface area (Å²) in [6.07, 6.45) is 3.01. The Kier molecular flexibility index (Phi) is 6.72. The fraction of sp³-hybridized carbons (Fsp3) is 0.273. The maximum Gasteiger partial charge on any atom is 0.203 e. The second-order valence-electron chi connectivity index (χ2n) is 6.34. The van der Waals surface area contributed by atoms with E-state index in [0.717, 1.165) is 26.4 Å². The average Bonchev–Trinajstić information content (AvgIpc) is 3.16. The maximum atomic E-state index is 10.9. The Bertz CT molecular complexity index is 983. The summed E-state index contributed by atoms with van der Waals surface area (Å²) in [4.78, 5) is 15.6. The van der Waals surface area contributed by atoms with Crippen molar-refractivity contribution in [2.45, 2.75) is 19.3 Å². The quantitative estimate of drug-likeness (QED) is 0.532. The SMILES string of the molecule is COc1cc(/C=C(\CCCC(=O)[O-])c2nc3ccccc3s2)cc(OC)c1OC. The first-order valence-electron chi connectivity index (χ1n) is 9.12. The molecule has 2 aromatic carbocycles. The highest BCUT2D eigenvalue weighted by Gasteiger charge is 2.14. The number of ether oxygens (including phenoxy) is 3. The topological polar surface area (TPSA) is 80.7 Å². The Morgan fingerprint density at radius 2 is 1.76 bits per heavy atom. The van der Waals surface area contributed by atoms with Gasteiger partial charge in [0.1, 0.15) is 5.01 Å². The Morgan fingerprint density at radius 1 is 1.07 bits per heavy atom. The summed E-state index contributed by atoms with van der Waals surface area (Å²) in [6, 6.07) is 11.6.